The third-order valence-corrected chi connectivity index (χ3v) is 2.22. The van der Waals surface area contributed by atoms with Crippen molar-refractivity contribution in [2.75, 3.05) is 34.7 Å². The summed E-state index contributed by atoms with van der Waals surface area (Å²) in [5.74, 6) is 1.80. The quantitative estimate of drug-likeness (QED) is 0.574. The Bertz CT molecular complexity index is 357. The van der Waals surface area contributed by atoms with Crippen LogP contribution in [0.3, 0.4) is 0 Å². The number of hydrogen-bond donors (Lipinski definition) is 0. The largest absolute Gasteiger partial charge is 0.349 e. The van der Waals surface area contributed by atoms with E-state index in [1.165, 1.54) is 0 Å². The fourth-order valence-corrected chi connectivity index (χ4v) is 1.49. The summed E-state index contributed by atoms with van der Waals surface area (Å²) in [6.07, 6.45) is 4.45. The minimum atomic E-state index is 0.703. The lowest BCUT2D eigenvalue weighted by Gasteiger charge is -2.22. The van der Waals surface area contributed by atoms with E-state index in [-0.39, 0.29) is 0 Å². The Morgan fingerprint density at radius 2 is 1.65 bits per heavy atom. The van der Waals surface area contributed by atoms with Gasteiger partial charge >= 0.3 is 0 Å². The van der Waals surface area contributed by atoms with Gasteiger partial charge in [-0.25, -0.2) is 9.97 Å². The first-order valence-electron chi connectivity index (χ1n) is 5.67. The van der Waals surface area contributed by atoms with Crippen LogP contribution in [0.5, 0.6) is 0 Å². The standard InChI is InChI=1S/C12H21N5/c1-10-8-14-11(15-9-10)6-7-13-12(16(2)3)17(4)5/h8-9H,6-7H2,1-5H3. The van der Waals surface area contributed by atoms with Crippen molar-refractivity contribution in [3.8, 4) is 0 Å². The summed E-state index contributed by atoms with van der Waals surface area (Å²) in [4.78, 5) is 17.0. The molecule has 0 spiro atoms. The van der Waals surface area contributed by atoms with Crippen LogP contribution in [-0.2, 0) is 6.42 Å². The molecule has 1 rings (SSSR count). The Morgan fingerprint density at radius 1 is 1.12 bits per heavy atom. The summed E-state index contributed by atoms with van der Waals surface area (Å²) in [6, 6.07) is 0. The molecule has 1 aromatic heterocycles. The molecule has 0 radical (unpaired) electrons. The monoisotopic (exact) mass is 235 g/mol. The molecule has 0 N–H and O–H groups in total. The zero-order chi connectivity index (χ0) is 12.8. The number of nitrogens with zero attached hydrogens (tertiary/aromatic N) is 5. The average molecular weight is 235 g/mol. The summed E-state index contributed by atoms with van der Waals surface area (Å²) in [6.45, 7) is 2.69. The van der Waals surface area contributed by atoms with Gasteiger partial charge in [-0.15, -0.1) is 0 Å². The van der Waals surface area contributed by atoms with Gasteiger partial charge in [0, 0.05) is 53.5 Å². The van der Waals surface area contributed by atoms with Crippen LogP contribution in [0.1, 0.15) is 11.4 Å². The first-order valence-corrected chi connectivity index (χ1v) is 5.67. The maximum absolute atomic E-state index is 4.53. The van der Waals surface area contributed by atoms with Crippen molar-refractivity contribution >= 4 is 5.96 Å². The Morgan fingerprint density at radius 3 is 2.12 bits per heavy atom. The van der Waals surface area contributed by atoms with Gasteiger partial charge in [-0.3, -0.25) is 4.99 Å². The summed E-state index contributed by atoms with van der Waals surface area (Å²) in [5.41, 5.74) is 1.08. The molecule has 0 aliphatic heterocycles. The third-order valence-electron chi connectivity index (χ3n) is 2.22. The van der Waals surface area contributed by atoms with E-state index < -0.39 is 0 Å². The van der Waals surface area contributed by atoms with Crippen molar-refractivity contribution in [3.05, 3.63) is 23.8 Å². The van der Waals surface area contributed by atoms with Gasteiger partial charge in [0.25, 0.3) is 0 Å². The van der Waals surface area contributed by atoms with Crippen molar-refractivity contribution in [2.45, 2.75) is 13.3 Å². The normalized spacial score (nSPS) is 9.94. The number of hydrogen-bond acceptors (Lipinski definition) is 3. The van der Waals surface area contributed by atoms with Crippen molar-refractivity contribution in [1.29, 1.82) is 0 Å². The van der Waals surface area contributed by atoms with E-state index in [9.17, 15) is 0 Å². The first kappa shape index (κ1) is 13.4. The molecule has 5 nitrogen and oxygen atoms in total. The Kier molecular flexibility index (Phi) is 4.87. The number of aryl methyl sites for hydroxylation is 1. The molecule has 0 atom stereocenters. The van der Waals surface area contributed by atoms with Crippen LogP contribution in [0.4, 0.5) is 0 Å². The molecule has 0 bridgehead atoms. The Hall–Kier alpha value is -1.65. The minimum Gasteiger partial charge on any atom is -0.349 e. The second-order valence-corrected chi connectivity index (χ2v) is 4.40. The molecule has 0 aliphatic carbocycles. The van der Waals surface area contributed by atoms with Crippen LogP contribution in [0, 0.1) is 6.92 Å². The highest BCUT2D eigenvalue weighted by atomic mass is 15.3. The Balaban J connectivity index is 2.55. The predicted octanol–water partition coefficient (Wildman–Crippen LogP) is 0.807. The van der Waals surface area contributed by atoms with Crippen LogP contribution in [0.25, 0.3) is 0 Å². The van der Waals surface area contributed by atoms with Gasteiger partial charge in [0.2, 0.25) is 0 Å². The summed E-state index contributed by atoms with van der Waals surface area (Å²) in [5, 5.41) is 0. The van der Waals surface area contributed by atoms with E-state index in [1.54, 1.807) is 0 Å². The van der Waals surface area contributed by atoms with E-state index in [0.29, 0.717) is 6.54 Å². The molecule has 1 aromatic rings. The predicted molar refractivity (Wildman–Crippen MR) is 70.1 cm³/mol. The lowest BCUT2D eigenvalue weighted by Crippen LogP contribution is -2.35. The molecule has 0 saturated heterocycles. The summed E-state index contributed by atoms with van der Waals surface area (Å²) >= 11 is 0. The topological polar surface area (TPSA) is 44.6 Å². The molecule has 0 fully saturated rings. The van der Waals surface area contributed by atoms with Gasteiger partial charge in [0.1, 0.15) is 5.82 Å². The van der Waals surface area contributed by atoms with Gasteiger partial charge in [-0.2, -0.15) is 0 Å². The van der Waals surface area contributed by atoms with Crippen LogP contribution in [0.2, 0.25) is 0 Å². The van der Waals surface area contributed by atoms with E-state index in [1.807, 2.05) is 57.3 Å². The first-order chi connectivity index (χ1) is 8.00. The third kappa shape index (κ3) is 4.38. The van der Waals surface area contributed by atoms with Gasteiger partial charge in [-0.1, -0.05) is 0 Å². The number of aliphatic imine (C=N–C) groups is 1. The highest BCUT2D eigenvalue weighted by molar-refractivity contribution is 5.79. The summed E-state index contributed by atoms with van der Waals surface area (Å²) < 4.78 is 0. The van der Waals surface area contributed by atoms with Crippen molar-refractivity contribution < 1.29 is 0 Å². The van der Waals surface area contributed by atoms with Crippen LogP contribution >= 0.6 is 0 Å². The van der Waals surface area contributed by atoms with E-state index in [0.717, 1.165) is 23.8 Å². The van der Waals surface area contributed by atoms with Crippen molar-refractivity contribution in [3.63, 3.8) is 0 Å². The number of rotatable bonds is 3. The van der Waals surface area contributed by atoms with Gasteiger partial charge in [0.05, 0.1) is 0 Å². The zero-order valence-electron chi connectivity index (χ0n) is 11.3. The smallest absolute Gasteiger partial charge is 0.195 e. The molecule has 0 aliphatic rings. The van der Waals surface area contributed by atoms with E-state index in [2.05, 4.69) is 15.0 Å². The van der Waals surface area contributed by atoms with Gasteiger partial charge in [0.15, 0.2) is 5.96 Å². The fraction of sp³-hybridized carbons (Fsp3) is 0.583. The molecule has 0 aromatic carbocycles. The lowest BCUT2D eigenvalue weighted by molar-refractivity contribution is 0.479. The molecule has 17 heavy (non-hydrogen) atoms. The number of aromatic nitrogens is 2. The molecule has 94 valence electrons. The molecular formula is C12H21N5. The second-order valence-electron chi connectivity index (χ2n) is 4.40. The SMILES string of the molecule is Cc1cnc(CCN=C(N(C)C)N(C)C)nc1. The second kappa shape index (κ2) is 6.18. The van der Waals surface area contributed by atoms with Gasteiger partial charge in [-0.05, 0) is 12.5 Å². The lowest BCUT2D eigenvalue weighted by atomic mass is 10.3. The van der Waals surface area contributed by atoms with Gasteiger partial charge < -0.3 is 9.80 Å². The highest BCUT2D eigenvalue weighted by Gasteiger charge is 2.03. The molecule has 0 unspecified atom stereocenters. The molecular weight excluding hydrogens is 214 g/mol. The van der Waals surface area contributed by atoms with Crippen LogP contribution in [-0.4, -0.2) is 60.5 Å². The molecule has 0 saturated carbocycles. The maximum atomic E-state index is 4.53. The van der Waals surface area contributed by atoms with Crippen molar-refractivity contribution in [2.24, 2.45) is 4.99 Å². The molecule has 0 amide bonds. The molecule has 1 heterocycles. The highest BCUT2D eigenvalue weighted by Crippen LogP contribution is 1.96. The van der Waals surface area contributed by atoms with E-state index >= 15 is 0 Å². The fourth-order valence-electron chi connectivity index (χ4n) is 1.49. The van der Waals surface area contributed by atoms with Crippen molar-refractivity contribution in [1.82, 2.24) is 19.8 Å². The Labute approximate surface area is 103 Å². The average Bonchev–Trinajstić information content (AvgIpc) is 2.25. The maximum Gasteiger partial charge on any atom is 0.195 e. The number of guanidine groups is 1. The van der Waals surface area contributed by atoms with E-state index in [4.69, 9.17) is 0 Å². The molecule has 5 heteroatoms. The minimum absolute atomic E-state index is 0.703. The summed E-state index contributed by atoms with van der Waals surface area (Å²) in [7, 11) is 7.95. The zero-order valence-corrected chi connectivity index (χ0v) is 11.3. The van der Waals surface area contributed by atoms with Crippen LogP contribution in [0.15, 0.2) is 17.4 Å². The van der Waals surface area contributed by atoms with Crippen LogP contribution < -0.4 is 0 Å².